The molecular weight excluding hydrogens is 186 g/mol. The van der Waals surface area contributed by atoms with Crippen LogP contribution in [0.2, 0.25) is 0 Å². The molecule has 2 rings (SSSR count). The summed E-state index contributed by atoms with van der Waals surface area (Å²) in [6, 6.07) is 3.79. The fourth-order valence-corrected chi connectivity index (χ4v) is 1.98. The largest absolute Gasteiger partial charge is 0.399 e. The van der Waals surface area contributed by atoms with Gasteiger partial charge in [0.15, 0.2) is 0 Å². The lowest BCUT2D eigenvalue weighted by Crippen LogP contribution is -2.32. The van der Waals surface area contributed by atoms with Crippen LogP contribution in [0.15, 0.2) is 18.3 Å². The first-order valence-electron chi connectivity index (χ1n) is 5.76. The summed E-state index contributed by atoms with van der Waals surface area (Å²) in [5, 5.41) is 0. The fourth-order valence-electron chi connectivity index (χ4n) is 1.98. The number of aromatic nitrogens is 1. The number of nitrogens with zero attached hydrogens (tertiary/aromatic N) is 2. The summed E-state index contributed by atoms with van der Waals surface area (Å²) >= 11 is 0. The van der Waals surface area contributed by atoms with E-state index >= 15 is 0 Å². The highest BCUT2D eigenvalue weighted by atomic mass is 15.2. The van der Waals surface area contributed by atoms with Gasteiger partial charge in [-0.1, -0.05) is 6.42 Å². The third-order valence-electron chi connectivity index (χ3n) is 3.18. The van der Waals surface area contributed by atoms with Gasteiger partial charge in [0.25, 0.3) is 0 Å². The molecule has 0 aliphatic heterocycles. The Hall–Kier alpha value is -1.25. The molecule has 3 nitrogen and oxygen atoms in total. The van der Waals surface area contributed by atoms with Crippen LogP contribution in [-0.4, -0.2) is 18.1 Å². The Balaban J connectivity index is 2.04. The van der Waals surface area contributed by atoms with Gasteiger partial charge in [-0.3, -0.25) is 0 Å². The van der Waals surface area contributed by atoms with Crippen molar-refractivity contribution in [2.24, 2.45) is 5.92 Å². The molecule has 2 N–H and O–H groups in total. The Morgan fingerprint density at radius 3 is 2.87 bits per heavy atom. The SMILES string of the molecule is CCN(CC1CCC1)c1cc(N)ccn1. The molecule has 0 radical (unpaired) electrons. The van der Waals surface area contributed by atoms with Crippen LogP contribution in [0.4, 0.5) is 11.5 Å². The monoisotopic (exact) mass is 205 g/mol. The molecule has 1 saturated carbocycles. The van der Waals surface area contributed by atoms with E-state index in [2.05, 4.69) is 16.8 Å². The van der Waals surface area contributed by atoms with E-state index in [1.165, 1.54) is 19.3 Å². The maximum absolute atomic E-state index is 5.76. The summed E-state index contributed by atoms with van der Waals surface area (Å²) in [5.41, 5.74) is 6.56. The van der Waals surface area contributed by atoms with Crippen LogP contribution in [0, 0.1) is 5.92 Å². The zero-order valence-electron chi connectivity index (χ0n) is 9.32. The molecular formula is C12H19N3. The third-order valence-corrected chi connectivity index (χ3v) is 3.18. The van der Waals surface area contributed by atoms with Crippen LogP contribution < -0.4 is 10.6 Å². The second-order valence-corrected chi connectivity index (χ2v) is 4.28. The average Bonchev–Trinajstić information content (AvgIpc) is 2.16. The van der Waals surface area contributed by atoms with Crippen molar-refractivity contribution in [3.05, 3.63) is 18.3 Å². The highest BCUT2D eigenvalue weighted by molar-refractivity contribution is 5.50. The summed E-state index contributed by atoms with van der Waals surface area (Å²) in [7, 11) is 0. The van der Waals surface area contributed by atoms with Gasteiger partial charge < -0.3 is 10.6 Å². The molecule has 1 fully saturated rings. The topological polar surface area (TPSA) is 42.1 Å². The summed E-state index contributed by atoms with van der Waals surface area (Å²) in [5.74, 6) is 1.89. The van der Waals surface area contributed by atoms with E-state index in [1.54, 1.807) is 6.20 Å². The highest BCUT2D eigenvalue weighted by Gasteiger charge is 2.20. The van der Waals surface area contributed by atoms with E-state index < -0.39 is 0 Å². The molecule has 0 amide bonds. The number of hydrogen-bond donors (Lipinski definition) is 1. The maximum atomic E-state index is 5.76. The Morgan fingerprint density at radius 2 is 2.33 bits per heavy atom. The van der Waals surface area contributed by atoms with Gasteiger partial charge in [0.2, 0.25) is 0 Å². The number of nitrogen functional groups attached to an aromatic ring is 1. The van der Waals surface area contributed by atoms with Gasteiger partial charge >= 0.3 is 0 Å². The van der Waals surface area contributed by atoms with Crippen LogP contribution in [0.25, 0.3) is 0 Å². The molecule has 1 heterocycles. The highest BCUT2D eigenvalue weighted by Crippen LogP contribution is 2.28. The predicted molar refractivity (Wildman–Crippen MR) is 63.9 cm³/mol. The first kappa shape index (κ1) is 10.3. The minimum Gasteiger partial charge on any atom is -0.399 e. The lowest BCUT2D eigenvalue weighted by atomic mass is 9.85. The molecule has 0 spiro atoms. The lowest BCUT2D eigenvalue weighted by Gasteiger charge is -2.32. The van der Waals surface area contributed by atoms with Gasteiger partial charge in [-0.05, 0) is 31.7 Å². The number of rotatable bonds is 4. The molecule has 15 heavy (non-hydrogen) atoms. The molecule has 3 heteroatoms. The summed E-state index contributed by atoms with van der Waals surface area (Å²) in [6.07, 6.45) is 5.93. The van der Waals surface area contributed by atoms with Crippen molar-refractivity contribution in [3.8, 4) is 0 Å². The van der Waals surface area contributed by atoms with E-state index in [-0.39, 0.29) is 0 Å². The van der Waals surface area contributed by atoms with Gasteiger partial charge in [-0.2, -0.15) is 0 Å². The summed E-state index contributed by atoms with van der Waals surface area (Å²) in [4.78, 5) is 6.69. The van der Waals surface area contributed by atoms with Crippen LogP contribution in [0.5, 0.6) is 0 Å². The van der Waals surface area contributed by atoms with Crippen molar-refractivity contribution in [2.45, 2.75) is 26.2 Å². The van der Waals surface area contributed by atoms with Crippen LogP contribution >= 0.6 is 0 Å². The number of anilines is 2. The molecule has 0 atom stereocenters. The first-order valence-corrected chi connectivity index (χ1v) is 5.76. The number of pyridine rings is 1. The quantitative estimate of drug-likeness (QED) is 0.820. The Kier molecular flexibility index (Phi) is 3.09. The van der Waals surface area contributed by atoms with Gasteiger partial charge in [-0.25, -0.2) is 4.98 Å². The maximum Gasteiger partial charge on any atom is 0.130 e. The molecule has 82 valence electrons. The van der Waals surface area contributed by atoms with Gasteiger partial charge in [0.05, 0.1) is 0 Å². The minimum absolute atomic E-state index is 0.798. The van der Waals surface area contributed by atoms with Crippen molar-refractivity contribution in [1.29, 1.82) is 0 Å². The van der Waals surface area contributed by atoms with Gasteiger partial charge in [-0.15, -0.1) is 0 Å². The fraction of sp³-hybridized carbons (Fsp3) is 0.583. The lowest BCUT2D eigenvalue weighted by molar-refractivity contribution is 0.318. The molecule has 0 bridgehead atoms. The zero-order chi connectivity index (χ0) is 10.7. The van der Waals surface area contributed by atoms with Crippen molar-refractivity contribution in [1.82, 2.24) is 4.98 Å². The second-order valence-electron chi connectivity index (χ2n) is 4.28. The normalized spacial score (nSPS) is 16.1. The zero-order valence-corrected chi connectivity index (χ0v) is 9.32. The Morgan fingerprint density at radius 1 is 1.53 bits per heavy atom. The first-order chi connectivity index (χ1) is 7.29. The van der Waals surface area contributed by atoms with Crippen molar-refractivity contribution >= 4 is 11.5 Å². The van der Waals surface area contributed by atoms with Crippen LogP contribution in [0.3, 0.4) is 0 Å². The minimum atomic E-state index is 0.798. The molecule has 0 saturated heterocycles. The molecule has 1 aromatic heterocycles. The van der Waals surface area contributed by atoms with Crippen LogP contribution in [0.1, 0.15) is 26.2 Å². The van der Waals surface area contributed by atoms with Crippen molar-refractivity contribution < 1.29 is 0 Å². The summed E-state index contributed by atoms with van der Waals surface area (Å²) < 4.78 is 0. The van der Waals surface area contributed by atoms with Crippen LogP contribution in [-0.2, 0) is 0 Å². The van der Waals surface area contributed by atoms with E-state index in [0.29, 0.717) is 0 Å². The van der Waals surface area contributed by atoms with E-state index in [0.717, 1.165) is 30.5 Å². The van der Waals surface area contributed by atoms with Gasteiger partial charge in [0, 0.05) is 31.0 Å². The number of hydrogen-bond acceptors (Lipinski definition) is 3. The van der Waals surface area contributed by atoms with Crippen molar-refractivity contribution in [2.75, 3.05) is 23.7 Å². The van der Waals surface area contributed by atoms with E-state index in [4.69, 9.17) is 5.73 Å². The summed E-state index contributed by atoms with van der Waals surface area (Å²) in [6.45, 7) is 4.31. The average molecular weight is 205 g/mol. The van der Waals surface area contributed by atoms with E-state index in [1.807, 2.05) is 12.1 Å². The standard InChI is InChI=1S/C12H19N3/c1-2-15(9-10-4-3-5-10)12-8-11(13)6-7-14-12/h6-8,10H,2-5,9H2,1H3,(H2,13,14). The molecule has 1 aliphatic rings. The van der Waals surface area contributed by atoms with Crippen molar-refractivity contribution in [3.63, 3.8) is 0 Å². The second kappa shape index (κ2) is 4.51. The molecule has 1 aromatic rings. The molecule has 0 unspecified atom stereocenters. The Labute approximate surface area is 91.3 Å². The number of nitrogens with two attached hydrogens (primary N) is 1. The Bertz CT molecular complexity index is 320. The smallest absolute Gasteiger partial charge is 0.130 e. The molecule has 0 aromatic carbocycles. The molecule has 1 aliphatic carbocycles. The van der Waals surface area contributed by atoms with E-state index in [9.17, 15) is 0 Å². The van der Waals surface area contributed by atoms with Gasteiger partial charge in [0.1, 0.15) is 5.82 Å². The predicted octanol–water partition coefficient (Wildman–Crippen LogP) is 2.29. The third kappa shape index (κ3) is 2.41.